The van der Waals surface area contributed by atoms with Crippen LogP contribution in [0.25, 0.3) is 28.0 Å². The maximum Gasteiger partial charge on any atom is 0.337 e. The molecule has 0 saturated carbocycles. The van der Waals surface area contributed by atoms with Crippen LogP contribution in [0, 0.1) is 12.7 Å². The number of fused-ring (bicyclic) bond motifs is 1. The highest BCUT2D eigenvalue weighted by molar-refractivity contribution is 5.80. The lowest BCUT2D eigenvalue weighted by Crippen LogP contribution is -2.45. The molecule has 1 aliphatic rings. The van der Waals surface area contributed by atoms with Gasteiger partial charge in [-0.15, -0.1) is 13.2 Å². The summed E-state index contributed by atoms with van der Waals surface area (Å²) < 4.78 is 34.5. The molecule has 1 N–H and O–H groups in total. The molecule has 1 fully saturated rings. The van der Waals surface area contributed by atoms with Crippen LogP contribution in [0.1, 0.15) is 71.2 Å². The lowest BCUT2D eigenvalue weighted by molar-refractivity contribution is -0.160. The minimum atomic E-state index is -1.27. The molecule has 0 spiro atoms. The van der Waals surface area contributed by atoms with Crippen LogP contribution >= 0.6 is 0 Å². The van der Waals surface area contributed by atoms with Gasteiger partial charge in [0.1, 0.15) is 17.4 Å². The van der Waals surface area contributed by atoms with E-state index in [9.17, 15) is 14.3 Å². The number of rotatable bonds is 13. The summed E-state index contributed by atoms with van der Waals surface area (Å²) in [4.78, 5) is 19.8. The third kappa shape index (κ3) is 8.20. The van der Waals surface area contributed by atoms with Gasteiger partial charge in [0.05, 0.1) is 35.2 Å². The SMILES string of the molecule is C=CCOC1(C)CCN(c2c(C(OC(C)(C)C)C(=O)O)c(C)nc3cc(-c4cccc(-c5ccc(F)cc5OC(C)CC=C)c4)nn23)CC1. The third-order valence-corrected chi connectivity index (χ3v) is 8.67. The van der Waals surface area contributed by atoms with Crippen LogP contribution in [0.4, 0.5) is 10.2 Å². The Hall–Kier alpha value is -4.54. The van der Waals surface area contributed by atoms with Crippen LogP contribution in [0.2, 0.25) is 0 Å². The van der Waals surface area contributed by atoms with Gasteiger partial charge in [-0.3, -0.25) is 0 Å². The lowest BCUT2D eigenvalue weighted by Gasteiger charge is -2.41. The van der Waals surface area contributed by atoms with Gasteiger partial charge in [-0.2, -0.15) is 9.61 Å². The number of aryl methyl sites for hydroxylation is 1. The highest BCUT2D eigenvalue weighted by atomic mass is 19.1. The number of halogens is 1. The molecule has 0 radical (unpaired) electrons. The van der Waals surface area contributed by atoms with Gasteiger partial charge >= 0.3 is 5.97 Å². The number of aromatic nitrogens is 3. The van der Waals surface area contributed by atoms with E-state index in [2.05, 4.69) is 25.0 Å². The van der Waals surface area contributed by atoms with Crippen molar-refractivity contribution in [3.05, 3.63) is 90.9 Å². The molecule has 2 aromatic heterocycles. The van der Waals surface area contributed by atoms with E-state index in [1.807, 2.05) is 65.0 Å². The Labute approximate surface area is 288 Å². The fraction of sp³-hybridized carbons (Fsp3) is 0.410. The average Bonchev–Trinajstić information content (AvgIpc) is 3.46. The number of hydrogen-bond acceptors (Lipinski definition) is 7. The number of nitrogens with zero attached hydrogens (tertiary/aromatic N) is 4. The van der Waals surface area contributed by atoms with Crippen molar-refractivity contribution in [1.82, 2.24) is 14.6 Å². The molecule has 0 amide bonds. The molecular formula is C39H47FN4O5. The van der Waals surface area contributed by atoms with Gasteiger partial charge in [-0.1, -0.05) is 30.4 Å². The first-order chi connectivity index (χ1) is 23.2. The average molecular weight is 671 g/mol. The van der Waals surface area contributed by atoms with Crippen molar-refractivity contribution in [3.8, 4) is 28.1 Å². The number of hydrogen-bond donors (Lipinski definition) is 1. The van der Waals surface area contributed by atoms with E-state index < -0.39 is 17.7 Å². The van der Waals surface area contributed by atoms with E-state index in [4.69, 9.17) is 24.3 Å². The van der Waals surface area contributed by atoms with Crippen molar-refractivity contribution in [3.63, 3.8) is 0 Å². The summed E-state index contributed by atoms with van der Waals surface area (Å²) >= 11 is 0. The summed E-state index contributed by atoms with van der Waals surface area (Å²) in [6.45, 7) is 20.6. The summed E-state index contributed by atoms with van der Waals surface area (Å²) in [5, 5.41) is 15.5. The Morgan fingerprint density at radius 3 is 2.47 bits per heavy atom. The first-order valence-corrected chi connectivity index (χ1v) is 16.7. The van der Waals surface area contributed by atoms with Crippen LogP contribution in [0.5, 0.6) is 5.75 Å². The first-order valence-electron chi connectivity index (χ1n) is 16.7. The molecule has 260 valence electrons. The van der Waals surface area contributed by atoms with Crippen LogP contribution in [0.15, 0.2) is 73.8 Å². The summed E-state index contributed by atoms with van der Waals surface area (Å²) in [6, 6.07) is 14.2. The van der Waals surface area contributed by atoms with Crippen molar-refractivity contribution < 1.29 is 28.5 Å². The highest BCUT2D eigenvalue weighted by Gasteiger charge is 2.37. The van der Waals surface area contributed by atoms with Gasteiger partial charge < -0.3 is 24.2 Å². The fourth-order valence-electron chi connectivity index (χ4n) is 6.23. The monoisotopic (exact) mass is 670 g/mol. The standard InChI is InChI=1S/C39H47FN4O5/c1-9-12-25(3)48-32-23-29(40)15-16-30(32)27-13-11-14-28(22-27)31-24-33-41-26(4)34(35(37(45)46)49-38(5,6)7)36(44(33)42-31)43-19-17-39(8,18-20-43)47-21-10-2/h9-11,13-16,22-25,35H,1-2,12,17-21H2,3-8H3,(H,45,46). The summed E-state index contributed by atoms with van der Waals surface area (Å²) in [6.07, 6.45) is 4.15. The second kappa shape index (κ2) is 14.5. The Morgan fingerprint density at radius 1 is 1.10 bits per heavy atom. The van der Waals surface area contributed by atoms with Gasteiger partial charge in [0.25, 0.3) is 0 Å². The molecule has 0 aliphatic carbocycles. The van der Waals surface area contributed by atoms with Crippen LogP contribution in [-0.2, 0) is 14.3 Å². The molecule has 0 bridgehead atoms. The van der Waals surface area contributed by atoms with Gasteiger partial charge in [-0.05, 0) is 78.1 Å². The Kier molecular flexibility index (Phi) is 10.6. The van der Waals surface area contributed by atoms with Crippen molar-refractivity contribution in [1.29, 1.82) is 0 Å². The molecule has 1 aliphatic heterocycles. The van der Waals surface area contributed by atoms with Crippen molar-refractivity contribution in [2.24, 2.45) is 0 Å². The van der Waals surface area contributed by atoms with Crippen molar-refractivity contribution >= 4 is 17.4 Å². The highest BCUT2D eigenvalue weighted by Crippen LogP contribution is 2.39. The maximum absolute atomic E-state index is 14.3. The minimum Gasteiger partial charge on any atom is -0.490 e. The van der Waals surface area contributed by atoms with Crippen LogP contribution in [0.3, 0.4) is 0 Å². The zero-order chi connectivity index (χ0) is 35.5. The number of benzene rings is 2. The molecule has 2 atom stereocenters. The van der Waals surface area contributed by atoms with Gasteiger partial charge in [0.2, 0.25) is 0 Å². The lowest BCUT2D eigenvalue weighted by atomic mass is 9.92. The molecule has 2 unspecified atom stereocenters. The molecule has 1 saturated heterocycles. The number of ether oxygens (including phenoxy) is 3. The summed E-state index contributed by atoms with van der Waals surface area (Å²) in [5.74, 6) is -0.404. The van der Waals surface area contributed by atoms with E-state index in [0.717, 1.165) is 29.5 Å². The zero-order valence-electron chi connectivity index (χ0n) is 29.3. The number of anilines is 1. The predicted molar refractivity (Wildman–Crippen MR) is 191 cm³/mol. The molecule has 5 rings (SSSR count). The van der Waals surface area contributed by atoms with E-state index in [1.165, 1.54) is 12.1 Å². The molecule has 4 aromatic rings. The Bertz CT molecular complexity index is 1840. The van der Waals surface area contributed by atoms with Crippen LogP contribution in [-0.4, -0.2) is 62.7 Å². The second-order valence-corrected chi connectivity index (χ2v) is 13.9. The molecule has 10 heteroatoms. The number of piperidine rings is 1. The number of carboxylic acids is 1. The largest absolute Gasteiger partial charge is 0.490 e. The van der Waals surface area contributed by atoms with E-state index in [1.54, 1.807) is 22.7 Å². The van der Waals surface area contributed by atoms with E-state index in [0.29, 0.717) is 60.3 Å². The maximum atomic E-state index is 14.3. The number of carboxylic acid groups (broad SMARTS) is 1. The first kappa shape index (κ1) is 35.8. The second-order valence-electron chi connectivity index (χ2n) is 13.9. The molecule has 49 heavy (non-hydrogen) atoms. The summed E-state index contributed by atoms with van der Waals surface area (Å²) in [5.41, 5.74) is 3.58. The minimum absolute atomic E-state index is 0.181. The normalized spacial score (nSPS) is 15.9. The quantitative estimate of drug-likeness (QED) is 0.142. The zero-order valence-corrected chi connectivity index (χ0v) is 29.3. The molecule has 2 aromatic carbocycles. The number of aliphatic carboxylic acids is 1. The van der Waals surface area contributed by atoms with E-state index in [-0.39, 0.29) is 17.5 Å². The molecule has 3 heterocycles. The van der Waals surface area contributed by atoms with Crippen molar-refractivity contribution in [2.75, 3.05) is 24.6 Å². The van der Waals surface area contributed by atoms with Crippen molar-refractivity contribution in [2.45, 2.75) is 84.2 Å². The fourth-order valence-corrected chi connectivity index (χ4v) is 6.23. The van der Waals surface area contributed by atoms with Gasteiger partial charge in [-0.25, -0.2) is 14.2 Å². The third-order valence-electron chi connectivity index (χ3n) is 8.67. The van der Waals surface area contributed by atoms with E-state index >= 15 is 0 Å². The predicted octanol–water partition coefficient (Wildman–Crippen LogP) is 8.36. The van der Waals surface area contributed by atoms with Crippen LogP contribution < -0.4 is 9.64 Å². The topological polar surface area (TPSA) is 98.4 Å². The van der Waals surface area contributed by atoms with Gasteiger partial charge in [0.15, 0.2) is 11.8 Å². The Balaban J connectivity index is 1.62. The van der Waals surface area contributed by atoms with Gasteiger partial charge in [0, 0.05) is 48.5 Å². The number of carbonyl (C=O) groups is 1. The Morgan fingerprint density at radius 2 is 1.82 bits per heavy atom. The molecule has 9 nitrogen and oxygen atoms in total. The smallest absolute Gasteiger partial charge is 0.337 e. The molecular weight excluding hydrogens is 623 g/mol. The summed E-state index contributed by atoms with van der Waals surface area (Å²) in [7, 11) is 0.